The second kappa shape index (κ2) is 1.66. The fourth-order valence-corrected chi connectivity index (χ4v) is 0. The molecule has 0 amide bonds. The first kappa shape index (κ1) is 4.36. The quantitative estimate of drug-likeness (QED) is 0.259. The Hall–Kier alpha value is -0.640. The molecule has 0 aromatic heterocycles. The van der Waals surface area contributed by atoms with E-state index in [2.05, 4.69) is 11.1 Å². The van der Waals surface area contributed by atoms with Gasteiger partial charge in [-0.25, -0.2) is 5.84 Å². The minimum atomic E-state index is 0.694. The van der Waals surface area contributed by atoms with Crippen LogP contribution in [0.3, 0.4) is 0 Å². The molecule has 0 aromatic carbocycles. The molecule has 0 aliphatic carbocycles. The van der Waals surface area contributed by atoms with Gasteiger partial charge in [-0.05, 0) is 0 Å². The summed E-state index contributed by atoms with van der Waals surface area (Å²) in [7, 11) is 1.35. The highest BCUT2D eigenvalue weighted by Gasteiger charge is 1.68. The summed E-state index contributed by atoms with van der Waals surface area (Å²) < 4.78 is 0. The maximum atomic E-state index is 9.06. The second-order valence-corrected chi connectivity index (χ2v) is 0.655. The minimum Gasteiger partial charge on any atom is -0.229 e. The van der Waals surface area contributed by atoms with Gasteiger partial charge in [0, 0.05) is 7.05 Å². The highest BCUT2D eigenvalue weighted by atomic mass is 16.3. The number of nitrogens with two attached hydrogens (primary N) is 1. The molecule has 0 radical (unpaired) electrons. The van der Waals surface area contributed by atoms with Gasteiger partial charge in [0.15, 0.2) is 0 Å². The lowest BCUT2D eigenvalue weighted by molar-refractivity contribution is 0.366. The molecule has 0 spiro atoms. The molecule has 0 aliphatic rings. The molecular formula is CH5N3O. The van der Waals surface area contributed by atoms with Crippen molar-refractivity contribution in [1.82, 2.24) is 5.12 Å². The Labute approximate surface area is 29.5 Å². The van der Waals surface area contributed by atoms with E-state index in [0.717, 1.165) is 0 Å². The molecule has 0 aliphatic heterocycles. The average molecular weight is 75.1 g/mol. The van der Waals surface area contributed by atoms with Crippen LogP contribution >= 0.6 is 0 Å². The van der Waals surface area contributed by atoms with Gasteiger partial charge in [-0.2, -0.15) is 5.12 Å². The number of nitroso groups, excluding NO2 is 1. The van der Waals surface area contributed by atoms with E-state index in [-0.39, 0.29) is 0 Å². The van der Waals surface area contributed by atoms with Crippen LogP contribution in [0.1, 0.15) is 0 Å². The SMILES string of the molecule is CN(N)N=O. The molecule has 0 saturated heterocycles. The Morgan fingerprint density at radius 2 is 2.20 bits per heavy atom. The van der Waals surface area contributed by atoms with Crippen molar-refractivity contribution < 1.29 is 0 Å². The van der Waals surface area contributed by atoms with Crippen molar-refractivity contribution in [1.29, 1.82) is 0 Å². The maximum Gasteiger partial charge on any atom is 0.0679 e. The zero-order valence-electron chi connectivity index (χ0n) is 2.88. The smallest absolute Gasteiger partial charge is 0.0679 e. The highest BCUT2D eigenvalue weighted by molar-refractivity contribution is 4.11. The molecule has 0 aromatic rings. The van der Waals surface area contributed by atoms with Crippen LogP contribution < -0.4 is 5.84 Å². The number of hydrogen-bond donors (Lipinski definition) is 1. The lowest BCUT2D eigenvalue weighted by atomic mass is 11.4. The monoisotopic (exact) mass is 75.0 g/mol. The van der Waals surface area contributed by atoms with Crippen molar-refractivity contribution in [3.63, 3.8) is 0 Å². The molecular weight excluding hydrogens is 70.0 g/mol. The van der Waals surface area contributed by atoms with Gasteiger partial charge in [-0.3, -0.25) is 0 Å². The third-order valence-corrected chi connectivity index (χ3v) is 0.129. The summed E-state index contributed by atoms with van der Waals surface area (Å²) in [5.74, 6) is 4.65. The van der Waals surface area contributed by atoms with E-state index in [9.17, 15) is 0 Å². The molecule has 0 heterocycles. The fourth-order valence-electron chi connectivity index (χ4n) is 0. The van der Waals surface area contributed by atoms with E-state index < -0.39 is 0 Å². The molecule has 0 unspecified atom stereocenters. The van der Waals surface area contributed by atoms with E-state index >= 15 is 0 Å². The van der Waals surface area contributed by atoms with Gasteiger partial charge in [-0.1, -0.05) is 0 Å². The molecule has 4 nitrogen and oxygen atoms in total. The summed E-state index contributed by atoms with van der Waals surface area (Å²) in [6.45, 7) is 0. The summed E-state index contributed by atoms with van der Waals surface area (Å²) in [5.41, 5.74) is 0. The van der Waals surface area contributed by atoms with Gasteiger partial charge in [0.05, 0.1) is 5.29 Å². The molecule has 30 valence electrons. The van der Waals surface area contributed by atoms with E-state index in [1.807, 2.05) is 0 Å². The topological polar surface area (TPSA) is 58.7 Å². The van der Waals surface area contributed by atoms with Crippen LogP contribution in [-0.4, -0.2) is 12.2 Å². The van der Waals surface area contributed by atoms with E-state index in [0.29, 0.717) is 5.12 Å². The predicted octanol–water partition coefficient (Wildman–Crippen LogP) is -0.527. The first-order valence-corrected chi connectivity index (χ1v) is 1.09. The molecule has 0 rings (SSSR count). The Morgan fingerprint density at radius 1 is 2.00 bits per heavy atom. The first-order valence-electron chi connectivity index (χ1n) is 1.09. The van der Waals surface area contributed by atoms with Crippen LogP contribution in [0.4, 0.5) is 0 Å². The van der Waals surface area contributed by atoms with Crippen molar-refractivity contribution in [3.8, 4) is 0 Å². The molecule has 0 bridgehead atoms. The van der Waals surface area contributed by atoms with Gasteiger partial charge in [0.25, 0.3) is 0 Å². The largest absolute Gasteiger partial charge is 0.229 e. The van der Waals surface area contributed by atoms with Crippen LogP contribution in [-0.2, 0) is 0 Å². The summed E-state index contributed by atoms with van der Waals surface area (Å²) in [6, 6.07) is 0. The second-order valence-electron chi connectivity index (χ2n) is 0.655. The third-order valence-electron chi connectivity index (χ3n) is 0.129. The summed E-state index contributed by atoms with van der Waals surface area (Å²) in [5, 5.41) is 2.94. The normalized spacial score (nSPS) is 6.80. The minimum absolute atomic E-state index is 0.694. The standard InChI is InChI=1S/CH5N3O/c1-4(2)3-5/h2H2,1H3. The molecule has 0 fully saturated rings. The molecule has 2 N–H and O–H groups in total. The molecule has 4 heteroatoms. The van der Waals surface area contributed by atoms with E-state index in [4.69, 9.17) is 4.91 Å². The maximum absolute atomic E-state index is 9.06. The highest BCUT2D eigenvalue weighted by Crippen LogP contribution is 1.57. The van der Waals surface area contributed by atoms with Crippen molar-refractivity contribution in [3.05, 3.63) is 4.91 Å². The summed E-state index contributed by atoms with van der Waals surface area (Å²) in [4.78, 5) is 9.06. The Kier molecular flexibility index (Phi) is 1.45. The van der Waals surface area contributed by atoms with Crippen molar-refractivity contribution in [2.24, 2.45) is 11.1 Å². The summed E-state index contributed by atoms with van der Waals surface area (Å²) >= 11 is 0. The molecule has 0 saturated carbocycles. The van der Waals surface area contributed by atoms with E-state index in [1.165, 1.54) is 7.05 Å². The number of hydrazine groups is 1. The fraction of sp³-hybridized carbons (Fsp3) is 1.00. The average Bonchev–Trinajstić information content (AvgIpc) is 1.38. The van der Waals surface area contributed by atoms with Crippen LogP contribution in [0.5, 0.6) is 0 Å². The van der Waals surface area contributed by atoms with Gasteiger partial charge in [-0.15, -0.1) is 4.91 Å². The van der Waals surface area contributed by atoms with Gasteiger partial charge in [0.2, 0.25) is 0 Å². The zero-order valence-corrected chi connectivity index (χ0v) is 2.88. The lowest BCUT2D eigenvalue weighted by Gasteiger charge is -1.90. The van der Waals surface area contributed by atoms with E-state index in [1.54, 1.807) is 0 Å². The summed E-state index contributed by atoms with van der Waals surface area (Å²) in [6.07, 6.45) is 0. The van der Waals surface area contributed by atoms with Crippen molar-refractivity contribution in [2.75, 3.05) is 7.05 Å². The van der Waals surface area contributed by atoms with Gasteiger partial charge in [0.1, 0.15) is 0 Å². The third kappa shape index (κ3) is 3.36. The van der Waals surface area contributed by atoms with Gasteiger partial charge >= 0.3 is 0 Å². The zero-order chi connectivity index (χ0) is 4.28. The lowest BCUT2D eigenvalue weighted by Crippen LogP contribution is -2.17. The first-order chi connectivity index (χ1) is 2.27. The van der Waals surface area contributed by atoms with Crippen LogP contribution in [0.15, 0.2) is 5.29 Å². The predicted molar refractivity (Wildman–Crippen MR) is 17.7 cm³/mol. The number of rotatable bonds is 1. The molecule has 0 atom stereocenters. The number of hydrogen-bond acceptors (Lipinski definition) is 3. The number of nitrogens with zero attached hydrogens (tertiary/aromatic N) is 2. The van der Waals surface area contributed by atoms with Crippen LogP contribution in [0.2, 0.25) is 0 Å². The van der Waals surface area contributed by atoms with Crippen molar-refractivity contribution >= 4 is 0 Å². The Morgan fingerprint density at radius 3 is 2.20 bits per heavy atom. The van der Waals surface area contributed by atoms with Crippen molar-refractivity contribution in [2.45, 2.75) is 0 Å². The Balaban J connectivity index is 2.83. The van der Waals surface area contributed by atoms with Gasteiger partial charge < -0.3 is 0 Å². The van der Waals surface area contributed by atoms with Crippen LogP contribution in [0.25, 0.3) is 0 Å². The molecule has 5 heavy (non-hydrogen) atoms. The van der Waals surface area contributed by atoms with Crippen LogP contribution in [0, 0.1) is 4.91 Å². The Bertz CT molecular complexity index is 33.9.